The second kappa shape index (κ2) is 1.77. The molecule has 0 saturated heterocycles. The normalized spacial score (nSPS) is 13.8. The molecule has 1 radical (unpaired) electrons. The summed E-state index contributed by atoms with van der Waals surface area (Å²) in [5.74, 6) is 0.348. The van der Waals surface area contributed by atoms with Crippen molar-refractivity contribution < 1.29 is 0 Å². The van der Waals surface area contributed by atoms with Crippen LogP contribution in [0.5, 0.6) is 0 Å². The van der Waals surface area contributed by atoms with Gasteiger partial charge in [0.05, 0.1) is 10.7 Å². The number of benzene rings is 1. The van der Waals surface area contributed by atoms with Gasteiger partial charge in [-0.3, -0.25) is 0 Å². The Labute approximate surface area is 58.3 Å². The monoisotopic (exact) mass is 129 g/mol. The van der Waals surface area contributed by atoms with E-state index in [1.807, 2.05) is 24.3 Å². The van der Waals surface area contributed by atoms with Gasteiger partial charge in [-0.05, 0) is 18.7 Å². The van der Waals surface area contributed by atoms with Gasteiger partial charge in [-0.15, -0.1) is 0 Å². The first kappa shape index (κ1) is 5.35. The van der Waals surface area contributed by atoms with Crippen LogP contribution in [0.3, 0.4) is 0 Å². The molecule has 0 saturated carbocycles. The van der Waals surface area contributed by atoms with E-state index in [1.54, 1.807) is 0 Å². The zero-order valence-corrected chi connectivity index (χ0v) is 5.28. The molecule has 10 heavy (non-hydrogen) atoms. The summed E-state index contributed by atoms with van der Waals surface area (Å²) in [6, 6.07) is 7.60. The first-order valence-corrected chi connectivity index (χ1v) is 3.01. The molecule has 1 aromatic rings. The van der Waals surface area contributed by atoms with Crippen molar-refractivity contribution in [1.29, 1.82) is 0 Å². The second-order valence-corrected chi connectivity index (χ2v) is 2.07. The van der Waals surface area contributed by atoms with E-state index in [0.29, 0.717) is 5.82 Å². The summed E-state index contributed by atoms with van der Waals surface area (Å²) in [7, 11) is 0. The van der Waals surface area contributed by atoms with Crippen molar-refractivity contribution in [2.75, 3.05) is 0 Å². The van der Waals surface area contributed by atoms with Crippen LogP contribution in [0, 0.1) is 6.58 Å². The lowest BCUT2D eigenvalue weighted by Crippen LogP contribution is -2.19. The maximum atomic E-state index is 5.37. The fourth-order valence-electron chi connectivity index (χ4n) is 0.925. The Kier molecular flexibility index (Phi) is 0.947. The Hall–Kier alpha value is -1.44. The van der Waals surface area contributed by atoms with Crippen molar-refractivity contribution in [3.63, 3.8) is 0 Å². The largest absolute Gasteiger partial charge is 0.227 e. The van der Waals surface area contributed by atoms with Gasteiger partial charge in [0.1, 0.15) is 0 Å². The average molecular weight is 129 g/mol. The molecule has 0 N–H and O–H groups in total. The van der Waals surface area contributed by atoms with Gasteiger partial charge < -0.3 is 0 Å². The van der Waals surface area contributed by atoms with Crippen LogP contribution in [0.4, 0.5) is 0 Å². The molecule has 1 aliphatic rings. The van der Waals surface area contributed by atoms with Gasteiger partial charge in [0.25, 0.3) is 0 Å². The predicted molar refractivity (Wildman–Crippen MR) is 36.6 cm³/mol. The minimum absolute atomic E-state index is 0.348. The molecular formula is C8H5N2. The quantitative estimate of drug-likeness (QED) is 0.478. The van der Waals surface area contributed by atoms with E-state index in [1.165, 1.54) is 0 Å². The van der Waals surface area contributed by atoms with E-state index in [4.69, 9.17) is 6.58 Å². The number of hydrogen-bond acceptors (Lipinski definition) is 2. The molecule has 0 unspecified atom stereocenters. The van der Waals surface area contributed by atoms with Gasteiger partial charge in [-0.1, -0.05) is 12.1 Å². The van der Waals surface area contributed by atoms with Crippen molar-refractivity contribution >= 4 is 0 Å². The standard InChI is InChI=1S/C8H5N2/c1-6-9-7-4-2-3-5-8(7)10-6/h1-5H. The van der Waals surface area contributed by atoms with Crippen LogP contribution in [0.1, 0.15) is 0 Å². The van der Waals surface area contributed by atoms with Crippen LogP contribution >= 0.6 is 0 Å². The molecule has 0 atom stereocenters. The van der Waals surface area contributed by atoms with Crippen molar-refractivity contribution in [1.82, 2.24) is 0 Å². The van der Waals surface area contributed by atoms with E-state index in [2.05, 4.69) is 9.98 Å². The topological polar surface area (TPSA) is 24.7 Å². The predicted octanol–water partition coefficient (Wildman–Crippen LogP) is 0.214. The van der Waals surface area contributed by atoms with E-state index in [9.17, 15) is 0 Å². The maximum Gasteiger partial charge on any atom is 0.153 e. The third-order valence-corrected chi connectivity index (χ3v) is 1.35. The van der Waals surface area contributed by atoms with Gasteiger partial charge in [0.2, 0.25) is 0 Å². The molecule has 0 aromatic heterocycles. The highest BCUT2D eigenvalue weighted by Crippen LogP contribution is 1.92. The minimum Gasteiger partial charge on any atom is -0.227 e. The molecule has 0 aliphatic carbocycles. The van der Waals surface area contributed by atoms with Crippen molar-refractivity contribution in [2.24, 2.45) is 9.98 Å². The van der Waals surface area contributed by atoms with Crippen molar-refractivity contribution in [3.8, 4) is 0 Å². The maximum absolute atomic E-state index is 5.37. The molecular weight excluding hydrogens is 124 g/mol. The Morgan fingerprint density at radius 1 is 1.00 bits per heavy atom. The molecule has 0 fully saturated rings. The lowest BCUT2D eigenvalue weighted by molar-refractivity contribution is 1.23. The molecule has 1 heterocycles. The summed E-state index contributed by atoms with van der Waals surface area (Å²) < 4.78 is 0. The lowest BCUT2D eigenvalue weighted by atomic mass is 10.3. The van der Waals surface area contributed by atoms with Crippen LogP contribution in [-0.4, -0.2) is 0 Å². The Morgan fingerprint density at radius 2 is 1.50 bits per heavy atom. The van der Waals surface area contributed by atoms with Crippen LogP contribution in [0.2, 0.25) is 0 Å². The van der Waals surface area contributed by atoms with Crippen molar-refractivity contribution in [3.05, 3.63) is 47.4 Å². The first-order chi connectivity index (χ1) is 4.86. The Balaban J connectivity index is 2.96. The van der Waals surface area contributed by atoms with E-state index in [-0.39, 0.29) is 0 Å². The average Bonchev–Trinajstić information content (AvgIpc) is 2.27. The summed E-state index contributed by atoms with van der Waals surface area (Å²) in [4.78, 5) is 7.96. The minimum atomic E-state index is 0.348. The van der Waals surface area contributed by atoms with Gasteiger partial charge >= 0.3 is 0 Å². The Bertz CT molecular complexity index is 353. The summed E-state index contributed by atoms with van der Waals surface area (Å²) in [5, 5.41) is 1.72. The highest BCUT2D eigenvalue weighted by atomic mass is 15.0. The molecule has 1 aromatic carbocycles. The molecule has 0 bridgehead atoms. The van der Waals surface area contributed by atoms with Crippen LogP contribution in [0.25, 0.3) is 0 Å². The zero-order valence-electron chi connectivity index (χ0n) is 5.28. The highest BCUT2D eigenvalue weighted by molar-refractivity contribution is 5.08. The van der Waals surface area contributed by atoms with Crippen molar-refractivity contribution in [2.45, 2.75) is 0 Å². The fraction of sp³-hybridized carbons (Fsp3) is 0. The summed E-state index contributed by atoms with van der Waals surface area (Å²) in [5.41, 5.74) is 0. The third-order valence-electron chi connectivity index (χ3n) is 1.35. The smallest absolute Gasteiger partial charge is 0.153 e. The number of para-hydroxylation sites is 2. The van der Waals surface area contributed by atoms with Gasteiger partial charge in [0.15, 0.2) is 5.82 Å². The molecule has 47 valence electrons. The molecule has 2 nitrogen and oxygen atoms in total. The second-order valence-electron chi connectivity index (χ2n) is 2.07. The van der Waals surface area contributed by atoms with E-state index < -0.39 is 0 Å². The lowest BCUT2D eigenvalue weighted by Gasteiger charge is -1.75. The van der Waals surface area contributed by atoms with Gasteiger partial charge in [-0.2, -0.15) is 0 Å². The molecule has 1 aliphatic heterocycles. The summed E-state index contributed by atoms with van der Waals surface area (Å²) in [6.45, 7) is 5.37. The third kappa shape index (κ3) is 0.658. The molecule has 2 heteroatoms. The van der Waals surface area contributed by atoms with Crippen LogP contribution in [0.15, 0.2) is 40.1 Å². The van der Waals surface area contributed by atoms with E-state index >= 15 is 0 Å². The van der Waals surface area contributed by atoms with Crippen LogP contribution in [-0.2, 0) is 0 Å². The SMILES string of the molecule is [CH]=C1N=c2ccccc2=N1. The highest BCUT2D eigenvalue weighted by Gasteiger charge is 1.95. The number of hydrogen-bond donors (Lipinski definition) is 0. The zero-order chi connectivity index (χ0) is 6.97. The number of rotatable bonds is 0. The molecule has 2 rings (SSSR count). The first-order valence-electron chi connectivity index (χ1n) is 3.01. The molecule has 0 amide bonds. The van der Waals surface area contributed by atoms with E-state index in [0.717, 1.165) is 10.7 Å². The van der Waals surface area contributed by atoms with Gasteiger partial charge in [-0.25, -0.2) is 9.98 Å². The summed E-state index contributed by atoms with van der Waals surface area (Å²) in [6.07, 6.45) is 0. The summed E-state index contributed by atoms with van der Waals surface area (Å²) >= 11 is 0. The molecule has 0 spiro atoms. The number of nitrogens with zero attached hydrogens (tertiary/aromatic N) is 2. The van der Waals surface area contributed by atoms with Crippen LogP contribution < -0.4 is 10.7 Å². The Morgan fingerprint density at radius 3 is 2.00 bits per heavy atom. The van der Waals surface area contributed by atoms with Gasteiger partial charge in [0, 0.05) is 0 Å². The fourth-order valence-corrected chi connectivity index (χ4v) is 0.925. The number of fused-ring (bicyclic) bond motifs is 1.